The molecule has 7 heteroatoms. The summed E-state index contributed by atoms with van der Waals surface area (Å²) in [5.41, 5.74) is 5.17. The van der Waals surface area contributed by atoms with Crippen LogP contribution in [0.25, 0.3) is 0 Å². The van der Waals surface area contributed by atoms with Crippen LogP contribution in [-0.4, -0.2) is 35.9 Å². The fourth-order valence-electron chi connectivity index (χ4n) is 3.51. The van der Waals surface area contributed by atoms with Crippen molar-refractivity contribution in [3.63, 3.8) is 0 Å². The molecule has 1 aliphatic rings. The summed E-state index contributed by atoms with van der Waals surface area (Å²) in [6, 6.07) is 23.0. The van der Waals surface area contributed by atoms with Crippen LogP contribution in [0.1, 0.15) is 27.5 Å². The van der Waals surface area contributed by atoms with Crippen LogP contribution in [0.4, 0.5) is 0 Å². The number of benzene rings is 3. The molecular formula is C24H21BrN3O3+. The van der Waals surface area contributed by atoms with Gasteiger partial charge in [-0.25, -0.2) is 0 Å². The smallest absolute Gasteiger partial charge is 0.304 e. The van der Waals surface area contributed by atoms with Gasteiger partial charge in [0.25, 0.3) is 5.91 Å². The number of hydrazone groups is 1. The Morgan fingerprint density at radius 3 is 2.35 bits per heavy atom. The third kappa shape index (κ3) is 4.67. The zero-order chi connectivity index (χ0) is 21.8. The quantitative estimate of drug-likeness (QED) is 0.551. The number of carbonyl (C=O) groups excluding carboxylic acids is 2. The Hall–Kier alpha value is -3.45. The first-order valence-electron chi connectivity index (χ1n) is 9.74. The van der Waals surface area contributed by atoms with Gasteiger partial charge in [-0.05, 0) is 48.5 Å². The van der Waals surface area contributed by atoms with E-state index in [9.17, 15) is 9.59 Å². The van der Waals surface area contributed by atoms with Crippen molar-refractivity contribution in [2.75, 3.05) is 7.11 Å². The number of rotatable bonds is 5. The molecule has 4 rings (SSSR count). The van der Waals surface area contributed by atoms with Gasteiger partial charge in [-0.3, -0.25) is 9.59 Å². The molecule has 3 aromatic rings. The zero-order valence-electron chi connectivity index (χ0n) is 16.8. The SMILES string of the molecule is COc1ccc(C(=O)N[C@H]2C(=O)N/[N+](=C\c3ccc(Br)cc3)[C@@H]2c2ccccc2)cc1. The molecule has 0 spiro atoms. The summed E-state index contributed by atoms with van der Waals surface area (Å²) in [4.78, 5) is 25.7. The average molecular weight is 479 g/mol. The fourth-order valence-corrected chi connectivity index (χ4v) is 3.77. The van der Waals surface area contributed by atoms with E-state index in [2.05, 4.69) is 26.7 Å². The molecule has 0 bridgehead atoms. The van der Waals surface area contributed by atoms with Gasteiger partial charge in [-0.2, -0.15) is 0 Å². The predicted octanol–water partition coefficient (Wildman–Crippen LogP) is 3.47. The molecular weight excluding hydrogens is 458 g/mol. The first-order chi connectivity index (χ1) is 15.0. The lowest BCUT2D eigenvalue weighted by molar-refractivity contribution is -0.596. The number of ether oxygens (including phenoxy) is 1. The number of carbonyl (C=O) groups is 2. The number of methoxy groups -OCH3 is 1. The topological polar surface area (TPSA) is 70.4 Å². The Morgan fingerprint density at radius 1 is 1.03 bits per heavy atom. The molecule has 31 heavy (non-hydrogen) atoms. The van der Waals surface area contributed by atoms with E-state index in [1.807, 2.05) is 60.8 Å². The van der Waals surface area contributed by atoms with E-state index in [4.69, 9.17) is 4.74 Å². The molecule has 1 fully saturated rings. The maximum Gasteiger partial charge on any atom is 0.304 e. The zero-order valence-corrected chi connectivity index (χ0v) is 18.4. The molecule has 0 aliphatic carbocycles. The van der Waals surface area contributed by atoms with Gasteiger partial charge in [0.15, 0.2) is 6.04 Å². The number of hydrogen-bond acceptors (Lipinski definition) is 3. The number of nitrogens with zero attached hydrogens (tertiary/aromatic N) is 1. The minimum Gasteiger partial charge on any atom is -0.497 e. The third-order valence-corrected chi connectivity index (χ3v) is 5.60. The standard InChI is InChI=1S/C24H20BrN3O3/c1-31-20-13-9-18(10-14-20)23(29)26-21-22(17-5-3-2-4-6-17)28(27-24(21)30)15-16-7-11-19(25)12-8-16/h2-15,21-22H,1H3,(H-,26,27,29,30)/p+1/b28-15-/t21-,22-/m1/s1. The van der Waals surface area contributed by atoms with E-state index in [0.29, 0.717) is 11.3 Å². The number of amides is 2. The van der Waals surface area contributed by atoms with Gasteiger partial charge >= 0.3 is 5.91 Å². The molecule has 1 saturated heterocycles. The van der Waals surface area contributed by atoms with Crippen molar-refractivity contribution in [3.05, 3.63) is 100 Å². The number of halogens is 1. The minimum atomic E-state index is -0.760. The van der Waals surface area contributed by atoms with Crippen molar-refractivity contribution >= 4 is 34.0 Å². The van der Waals surface area contributed by atoms with Crippen LogP contribution in [0.15, 0.2) is 83.3 Å². The first kappa shape index (κ1) is 20.8. The Kier molecular flexibility index (Phi) is 6.13. The maximum absolute atomic E-state index is 12.9. The molecule has 6 nitrogen and oxygen atoms in total. The number of hydrazine groups is 1. The van der Waals surface area contributed by atoms with Crippen LogP contribution in [0.5, 0.6) is 5.75 Å². The van der Waals surface area contributed by atoms with Crippen molar-refractivity contribution in [1.82, 2.24) is 10.7 Å². The highest BCUT2D eigenvalue weighted by molar-refractivity contribution is 9.10. The van der Waals surface area contributed by atoms with Crippen molar-refractivity contribution in [1.29, 1.82) is 0 Å². The first-order valence-corrected chi connectivity index (χ1v) is 10.5. The Labute approximate surface area is 188 Å². The van der Waals surface area contributed by atoms with Crippen LogP contribution < -0.4 is 15.5 Å². The molecule has 1 aliphatic heterocycles. The second-order valence-electron chi connectivity index (χ2n) is 7.10. The van der Waals surface area contributed by atoms with Gasteiger partial charge in [-0.15, -0.1) is 10.1 Å². The molecule has 156 valence electrons. The second-order valence-corrected chi connectivity index (χ2v) is 8.01. The molecule has 0 saturated carbocycles. The summed E-state index contributed by atoms with van der Waals surface area (Å²) in [6.45, 7) is 0. The summed E-state index contributed by atoms with van der Waals surface area (Å²) in [5, 5.41) is 2.89. The monoisotopic (exact) mass is 478 g/mol. The normalized spacial score (nSPS) is 19.2. The molecule has 2 amide bonds. The summed E-state index contributed by atoms with van der Waals surface area (Å²) in [7, 11) is 1.57. The van der Waals surface area contributed by atoms with Gasteiger partial charge < -0.3 is 10.1 Å². The molecule has 3 aromatic carbocycles. The van der Waals surface area contributed by atoms with Gasteiger partial charge in [0.05, 0.1) is 7.11 Å². The highest BCUT2D eigenvalue weighted by atomic mass is 79.9. The molecule has 1 heterocycles. The van der Waals surface area contributed by atoms with Crippen LogP contribution in [0.2, 0.25) is 0 Å². The third-order valence-electron chi connectivity index (χ3n) is 5.08. The molecule has 2 atom stereocenters. The van der Waals surface area contributed by atoms with Gasteiger partial charge in [-0.1, -0.05) is 46.3 Å². The number of hydrogen-bond donors (Lipinski definition) is 2. The van der Waals surface area contributed by atoms with Crippen LogP contribution >= 0.6 is 15.9 Å². The van der Waals surface area contributed by atoms with E-state index in [-0.39, 0.29) is 11.8 Å². The lowest BCUT2D eigenvalue weighted by Crippen LogP contribution is -2.42. The van der Waals surface area contributed by atoms with Gasteiger partial charge in [0, 0.05) is 21.2 Å². The van der Waals surface area contributed by atoms with Gasteiger partial charge in [0.1, 0.15) is 5.75 Å². The predicted molar refractivity (Wildman–Crippen MR) is 121 cm³/mol. The summed E-state index contributed by atoms with van der Waals surface area (Å²) < 4.78 is 7.86. The molecule has 0 radical (unpaired) electrons. The Morgan fingerprint density at radius 2 is 1.71 bits per heavy atom. The highest BCUT2D eigenvalue weighted by Gasteiger charge is 2.47. The van der Waals surface area contributed by atoms with Crippen molar-refractivity contribution in [3.8, 4) is 5.75 Å². The minimum absolute atomic E-state index is 0.274. The van der Waals surface area contributed by atoms with E-state index in [1.165, 1.54) is 0 Å². The lowest BCUT2D eigenvalue weighted by atomic mass is 10.00. The van der Waals surface area contributed by atoms with E-state index >= 15 is 0 Å². The summed E-state index contributed by atoms with van der Waals surface area (Å²) in [6.07, 6.45) is 1.86. The average Bonchev–Trinajstić information content (AvgIpc) is 3.10. The summed E-state index contributed by atoms with van der Waals surface area (Å²) >= 11 is 3.43. The largest absolute Gasteiger partial charge is 0.497 e. The van der Waals surface area contributed by atoms with E-state index in [0.717, 1.165) is 15.6 Å². The van der Waals surface area contributed by atoms with Crippen molar-refractivity contribution in [2.24, 2.45) is 0 Å². The molecule has 0 aromatic heterocycles. The van der Waals surface area contributed by atoms with Crippen LogP contribution in [0.3, 0.4) is 0 Å². The van der Waals surface area contributed by atoms with Gasteiger partial charge in [0.2, 0.25) is 12.3 Å². The van der Waals surface area contributed by atoms with Crippen molar-refractivity contribution in [2.45, 2.75) is 12.1 Å². The van der Waals surface area contributed by atoms with E-state index in [1.54, 1.807) is 36.1 Å². The maximum atomic E-state index is 12.9. The van der Waals surface area contributed by atoms with Crippen LogP contribution in [0, 0.1) is 0 Å². The summed E-state index contributed by atoms with van der Waals surface area (Å²) in [5.74, 6) is 0.0610. The molecule has 0 unspecified atom stereocenters. The molecule has 2 N–H and O–H groups in total. The highest BCUT2D eigenvalue weighted by Crippen LogP contribution is 2.25. The second kappa shape index (κ2) is 9.14. The Bertz CT molecular complexity index is 1110. The van der Waals surface area contributed by atoms with Crippen LogP contribution in [-0.2, 0) is 4.79 Å². The lowest BCUT2D eigenvalue weighted by Gasteiger charge is -2.14. The number of nitrogens with one attached hydrogen (secondary N) is 2. The van der Waals surface area contributed by atoms with E-state index < -0.39 is 12.1 Å². The van der Waals surface area contributed by atoms with Crippen molar-refractivity contribution < 1.29 is 19.0 Å². The Balaban J connectivity index is 1.65. The fraction of sp³-hybridized carbons (Fsp3) is 0.125.